The first kappa shape index (κ1) is 25.0. The number of thiazole rings is 1. The molecule has 2 aromatic heterocycles. The summed E-state index contributed by atoms with van der Waals surface area (Å²) in [4.78, 5) is 19.5. The van der Waals surface area contributed by atoms with Crippen molar-refractivity contribution in [1.29, 1.82) is 0 Å². The van der Waals surface area contributed by atoms with Crippen LogP contribution in [0.3, 0.4) is 0 Å². The summed E-state index contributed by atoms with van der Waals surface area (Å²) in [7, 11) is 4.03. The molecule has 0 bridgehead atoms. The zero-order valence-corrected chi connectivity index (χ0v) is 22.9. The Morgan fingerprint density at radius 1 is 1.00 bits per heavy atom. The van der Waals surface area contributed by atoms with E-state index in [1.54, 1.807) is 11.3 Å². The number of anilines is 2. The number of aromatic nitrogens is 4. The highest BCUT2D eigenvalue weighted by Gasteiger charge is 2.15. The second-order valence-corrected chi connectivity index (χ2v) is 10.9. The summed E-state index contributed by atoms with van der Waals surface area (Å²) in [6.45, 7) is 4.86. The number of thioether (sulfide) groups is 1. The first-order chi connectivity index (χ1) is 17.9. The number of nitrogens with one attached hydrogen (secondary N) is 1. The summed E-state index contributed by atoms with van der Waals surface area (Å²) < 4.78 is 3.22. The summed E-state index contributed by atoms with van der Waals surface area (Å²) >= 11 is 3.06. The maximum Gasteiger partial charge on any atom is 0.234 e. The fourth-order valence-corrected chi connectivity index (χ4v) is 5.85. The molecule has 1 amide bonds. The van der Waals surface area contributed by atoms with Crippen LogP contribution in [-0.2, 0) is 11.3 Å². The van der Waals surface area contributed by atoms with Gasteiger partial charge < -0.3 is 14.8 Å². The lowest BCUT2D eigenvalue weighted by Gasteiger charge is -2.13. The van der Waals surface area contributed by atoms with E-state index >= 15 is 0 Å². The van der Waals surface area contributed by atoms with E-state index in [2.05, 4.69) is 64.6 Å². The molecule has 0 radical (unpaired) electrons. The lowest BCUT2D eigenvalue weighted by molar-refractivity contribution is -0.113. The van der Waals surface area contributed by atoms with Gasteiger partial charge in [-0.25, -0.2) is 4.98 Å². The van der Waals surface area contributed by atoms with Crippen LogP contribution in [0.1, 0.15) is 12.5 Å². The highest BCUT2D eigenvalue weighted by molar-refractivity contribution is 7.99. The molecule has 0 unspecified atom stereocenters. The third-order valence-corrected chi connectivity index (χ3v) is 8.00. The molecule has 9 heteroatoms. The fourth-order valence-electron chi connectivity index (χ4n) is 3.98. The number of rotatable bonds is 8. The number of hydrogen-bond donors (Lipinski definition) is 1. The number of hydrogen-bond acceptors (Lipinski definition) is 7. The molecule has 5 aromatic rings. The predicted octanol–water partition coefficient (Wildman–Crippen LogP) is 6.35. The van der Waals surface area contributed by atoms with Crippen molar-refractivity contribution in [2.24, 2.45) is 0 Å². The quantitative estimate of drug-likeness (QED) is 0.237. The van der Waals surface area contributed by atoms with Crippen LogP contribution in [0, 0.1) is 6.92 Å². The maximum atomic E-state index is 12.7. The number of nitrogens with zero attached hydrogens (tertiary/aromatic N) is 5. The normalized spacial score (nSPS) is 11.1. The summed E-state index contributed by atoms with van der Waals surface area (Å²) in [5, 5.41) is 13.4. The van der Waals surface area contributed by atoms with Crippen molar-refractivity contribution in [2.75, 3.05) is 30.1 Å². The van der Waals surface area contributed by atoms with Crippen molar-refractivity contribution < 1.29 is 4.79 Å². The van der Waals surface area contributed by atoms with E-state index in [1.165, 1.54) is 22.0 Å². The van der Waals surface area contributed by atoms with E-state index < -0.39 is 0 Å². The smallest absolute Gasteiger partial charge is 0.234 e. The number of benzene rings is 3. The second-order valence-electron chi connectivity index (χ2n) is 8.90. The van der Waals surface area contributed by atoms with Crippen LogP contribution in [0.4, 0.5) is 11.4 Å². The van der Waals surface area contributed by atoms with Crippen molar-refractivity contribution in [1.82, 2.24) is 19.7 Å². The Kier molecular flexibility index (Phi) is 7.25. The minimum absolute atomic E-state index is 0.0873. The van der Waals surface area contributed by atoms with Gasteiger partial charge in [-0.05, 0) is 80.1 Å². The molecule has 0 saturated carbocycles. The fraction of sp³-hybridized carbons (Fsp3) is 0.214. The molecule has 2 heterocycles. The van der Waals surface area contributed by atoms with Crippen LogP contribution in [0.25, 0.3) is 32.2 Å². The van der Waals surface area contributed by atoms with Crippen molar-refractivity contribution >= 4 is 50.6 Å². The van der Waals surface area contributed by atoms with Gasteiger partial charge in [0.1, 0.15) is 5.01 Å². The van der Waals surface area contributed by atoms with Crippen LogP contribution < -0.4 is 10.2 Å². The molecule has 0 saturated heterocycles. The van der Waals surface area contributed by atoms with Gasteiger partial charge in [0.05, 0.1) is 16.0 Å². The SMILES string of the molecule is CCn1c(SCC(=O)Nc2ccc(-c3nc4ccc(C)cc4s3)cc2)nnc1-c1ccc(N(C)C)cc1. The molecule has 7 nitrogen and oxygen atoms in total. The largest absolute Gasteiger partial charge is 0.378 e. The number of carbonyl (C=O) groups is 1. The highest BCUT2D eigenvalue weighted by Crippen LogP contribution is 2.31. The molecule has 0 aliphatic heterocycles. The molecular formula is C28H28N6OS2. The maximum absolute atomic E-state index is 12.7. The molecule has 0 atom stereocenters. The molecule has 1 N–H and O–H groups in total. The Bertz CT molecular complexity index is 1540. The summed E-state index contributed by atoms with van der Waals surface area (Å²) in [5.74, 6) is 0.962. The Morgan fingerprint density at radius 3 is 2.43 bits per heavy atom. The Labute approximate surface area is 224 Å². The van der Waals surface area contributed by atoms with Crippen molar-refractivity contribution in [3.8, 4) is 22.0 Å². The van der Waals surface area contributed by atoms with Crippen molar-refractivity contribution in [3.63, 3.8) is 0 Å². The Hall–Kier alpha value is -3.69. The number of fused-ring (bicyclic) bond motifs is 1. The molecule has 3 aromatic carbocycles. The third kappa shape index (κ3) is 5.52. The van der Waals surface area contributed by atoms with Crippen molar-refractivity contribution in [3.05, 3.63) is 72.3 Å². The average Bonchev–Trinajstić information content (AvgIpc) is 3.51. The summed E-state index contributed by atoms with van der Waals surface area (Å²) in [5.41, 5.74) is 6.15. The summed E-state index contributed by atoms with van der Waals surface area (Å²) in [6, 6.07) is 22.3. The van der Waals surface area contributed by atoms with E-state index in [4.69, 9.17) is 4.98 Å². The van der Waals surface area contributed by atoms with Crippen LogP contribution in [0.15, 0.2) is 71.9 Å². The monoisotopic (exact) mass is 528 g/mol. The Balaban J connectivity index is 1.22. The van der Waals surface area contributed by atoms with Gasteiger partial charge in [0.25, 0.3) is 0 Å². The molecule has 37 heavy (non-hydrogen) atoms. The van der Waals surface area contributed by atoms with Gasteiger partial charge in [-0.3, -0.25) is 4.79 Å². The zero-order valence-electron chi connectivity index (χ0n) is 21.2. The lowest BCUT2D eigenvalue weighted by Crippen LogP contribution is -2.14. The van der Waals surface area contributed by atoms with Gasteiger partial charge in [0.15, 0.2) is 11.0 Å². The highest BCUT2D eigenvalue weighted by atomic mass is 32.2. The van der Waals surface area contributed by atoms with Crippen LogP contribution in [-0.4, -0.2) is 45.5 Å². The van der Waals surface area contributed by atoms with E-state index in [0.29, 0.717) is 6.54 Å². The van der Waals surface area contributed by atoms with Crippen molar-refractivity contribution in [2.45, 2.75) is 25.5 Å². The van der Waals surface area contributed by atoms with Crippen LogP contribution in [0.5, 0.6) is 0 Å². The van der Waals surface area contributed by atoms with E-state index in [9.17, 15) is 4.79 Å². The third-order valence-electron chi connectivity index (χ3n) is 5.97. The lowest BCUT2D eigenvalue weighted by atomic mass is 10.2. The van der Waals surface area contributed by atoms with E-state index in [1.807, 2.05) is 55.1 Å². The predicted molar refractivity (Wildman–Crippen MR) is 155 cm³/mol. The van der Waals surface area contributed by atoms with Crippen LogP contribution >= 0.6 is 23.1 Å². The van der Waals surface area contributed by atoms with Gasteiger partial charge in [-0.1, -0.05) is 17.8 Å². The average molecular weight is 529 g/mol. The molecule has 0 aliphatic rings. The van der Waals surface area contributed by atoms with Gasteiger partial charge in [0.2, 0.25) is 5.91 Å². The van der Waals surface area contributed by atoms with Gasteiger partial charge in [-0.15, -0.1) is 21.5 Å². The number of amides is 1. The van der Waals surface area contributed by atoms with Gasteiger partial charge in [-0.2, -0.15) is 0 Å². The standard InChI is InChI=1S/C28H28N6OS2/c1-5-34-26(19-9-13-22(14-10-19)33(3)4)31-32-28(34)36-17-25(35)29-21-11-7-20(8-12-21)27-30-23-15-6-18(2)16-24(23)37-27/h6-16H,5,17H2,1-4H3,(H,29,35). The van der Waals surface area contributed by atoms with E-state index in [-0.39, 0.29) is 11.7 Å². The first-order valence-corrected chi connectivity index (χ1v) is 13.8. The number of carbonyl (C=O) groups excluding carboxylic acids is 1. The molecule has 5 rings (SSSR count). The second kappa shape index (κ2) is 10.7. The van der Waals surface area contributed by atoms with Gasteiger partial charge >= 0.3 is 0 Å². The molecule has 188 valence electrons. The minimum atomic E-state index is -0.0873. The topological polar surface area (TPSA) is 75.9 Å². The zero-order chi connectivity index (χ0) is 25.9. The molecular weight excluding hydrogens is 500 g/mol. The molecule has 0 spiro atoms. The Morgan fingerprint density at radius 2 is 1.73 bits per heavy atom. The first-order valence-electron chi connectivity index (χ1n) is 12.0. The van der Waals surface area contributed by atoms with Crippen LogP contribution in [0.2, 0.25) is 0 Å². The number of aryl methyl sites for hydroxylation is 1. The van der Waals surface area contributed by atoms with Gasteiger partial charge in [0, 0.05) is 43.1 Å². The summed E-state index contributed by atoms with van der Waals surface area (Å²) in [6.07, 6.45) is 0. The van der Waals surface area contributed by atoms with E-state index in [0.717, 1.165) is 44.0 Å². The minimum Gasteiger partial charge on any atom is -0.378 e. The molecule has 0 fully saturated rings. The molecule has 0 aliphatic carbocycles.